The Morgan fingerprint density at radius 3 is 2.50 bits per heavy atom. The Morgan fingerprint density at radius 1 is 1.00 bits per heavy atom. The van der Waals surface area contributed by atoms with Crippen LogP contribution in [0.5, 0.6) is 0 Å². The van der Waals surface area contributed by atoms with E-state index < -0.39 is 0 Å². The van der Waals surface area contributed by atoms with Crippen molar-refractivity contribution in [3.05, 3.63) is 47.7 Å². The van der Waals surface area contributed by atoms with Crippen molar-refractivity contribution in [2.45, 2.75) is 32.1 Å². The van der Waals surface area contributed by atoms with Crippen LogP contribution in [0, 0.1) is 0 Å². The lowest BCUT2D eigenvalue weighted by Gasteiger charge is -1.93. The molecule has 1 rings (SSSR count). The molecule has 0 N–H and O–H groups in total. The summed E-state index contributed by atoms with van der Waals surface area (Å²) in [6, 6.07) is 10.2. The molecule has 0 amide bonds. The Balaban J connectivity index is 2.15. The Kier molecular flexibility index (Phi) is 7.11. The normalized spacial score (nSPS) is 9.56. The Bertz CT molecular complexity index is 321. The molecular formula is C15H19F. The van der Waals surface area contributed by atoms with E-state index >= 15 is 0 Å². The molecule has 0 spiro atoms. The van der Waals surface area contributed by atoms with Crippen molar-refractivity contribution in [1.29, 1.82) is 0 Å². The lowest BCUT2D eigenvalue weighted by Crippen LogP contribution is -1.78. The molecule has 0 heterocycles. The smallest absolute Gasteiger partial charge is 0.0894 e. The van der Waals surface area contributed by atoms with Gasteiger partial charge in [-0.1, -0.05) is 43.2 Å². The summed E-state index contributed by atoms with van der Waals surface area (Å²) < 4.78 is 11.8. The van der Waals surface area contributed by atoms with Gasteiger partial charge in [0.15, 0.2) is 0 Å². The fraction of sp³-hybridized carbons (Fsp3) is 0.400. The molecule has 0 saturated carbocycles. The van der Waals surface area contributed by atoms with Gasteiger partial charge in [0, 0.05) is 0 Å². The van der Waals surface area contributed by atoms with Crippen LogP contribution in [0.3, 0.4) is 0 Å². The summed E-state index contributed by atoms with van der Waals surface area (Å²) in [5.41, 5.74) is 4.35. The van der Waals surface area contributed by atoms with Gasteiger partial charge in [0.1, 0.15) is 0 Å². The molecule has 1 aromatic carbocycles. The molecule has 0 unspecified atom stereocenters. The van der Waals surface area contributed by atoms with Crippen LogP contribution < -0.4 is 0 Å². The van der Waals surface area contributed by atoms with Gasteiger partial charge in [-0.3, -0.25) is 4.39 Å². The fourth-order valence-electron chi connectivity index (χ4n) is 1.48. The van der Waals surface area contributed by atoms with E-state index in [4.69, 9.17) is 0 Å². The minimum Gasteiger partial charge on any atom is -0.251 e. The van der Waals surface area contributed by atoms with Crippen LogP contribution in [-0.2, 0) is 0 Å². The molecule has 0 aromatic heterocycles. The third-order valence-electron chi connectivity index (χ3n) is 2.40. The second-order valence-electron chi connectivity index (χ2n) is 3.82. The zero-order valence-corrected chi connectivity index (χ0v) is 9.66. The van der Waals surface area contributed by atoms with E-state index in [0.717, 1.165) is 25.7 Å². The molecule has 0 bridgehead atoms. The second kappa shape index (κ2) is 8.94. The average Bonchev–Trinajstić information content (AvgIpc) is 2.34. The van der Waals surface area contributed by atoms with E-state index in [-0.39, 0.29) is 6.67 Å². The molecule has 0 radical (unpaired) electrons. The molecule has 0 atom stereocenters. The average molecular weight is 218 g/mol. The lowest BCUT2D eigenvalue weighted by molar-refractivity contribution is 0.453. The molecule has 0 aliphatic carbocycles. The summed E-state index contributed by atoms with van der Waals surface area (Å²) in [6.45, 7) is -0.177. The second-order valence-corrected chi connectivity index (χ2v) is 3.82. The van der Waals surface area contributed by atoms with Crippen molar-refractivity contribution < 1.29 is 4.39 Å². The van der Waals surface area contributed by atoms with Crippen LogP contribution in [0.2, 0.25) is 0 Å². The largest absolute Gasteiger partial charge is 0.251 e. The first-order valence-corrected chi connectivity index (χ1v) is 5.95. The van der Waals surface area contributed by atoms with Crippen molar-refractivity contribution in [2.75, 3.05) is 6.67 Å². The minimum absolute atomic E-state index is 0.177. The first-order chi connectivity index (χ1) is 7.93. The van der Waals surface area contributed by atoms with Crippen molar-refractivity contribution in [1.82, 2.24) is 0 Å². The third-order valence-corrected chi connectivity index (χ3v) is 2.40. The van der Waals surface area contributed by atoms with Gasteiger partial charge >= 0.3 is 0 Å². The predicted octanol–water partition coefficient (Wildman–Crippen LogP) is 4.77. The number of halogens is 1. The summed E-state index contributed by atoms with van der Waals surface area (Å²) in [6.07, 6.45) is 9.05. The monoisotopic (exact) mass is 218 g/mol. The van der Waals surface area contributed by atoms with Gasteiger partial charge < -0.3 is 0 Å². The van der Waals surface area contributed by atoms with Crippen molar-refractivity contribution in [2.24, 2.45) is 0 Å². The molecule has 86 valence electrons. The number of hydrogen-bond acceptors (Lipinski definition) is 0. The van der Waals surface area contributed by atoms with Crippen molar-refractivity contribution in [3.8, 4) is 0 Å². The highest BCUT2D eigenvalue weighted by atomic mass is 19.1. The number of benzene rings is 1. The molecule has 1 aromatic rings. The summed E-state index contributed by atoms with van der Waals surface area (Å²) in [4.78, 5) is 0. The molecular weight excluding hydrogens is 199 g/mol. The van der Waals surface area contributed by atoms with Gasteiger partial charge in [-0.15, -0.1) is 5.73 Å². The first-order valence-electron chi connectivity index (χ1n) is 5.95. The Labute approximate surface area is 97.5 Å². The van der Waals surface area contributed by atoms with Crippen LogP contribution in [0.25, 0.3) is 6.08 Å². The highest BCUT2D eigenvalue weighted by Gasteiger charge is 1.87. The SMILES string of the molecule is FCCCCCCC=C=Cc1ccccc1. The molecule has 0 aliphatic heterocycles. The number of unbranched alkanes of at least 4 members (excludes halogenated alkanes) is 4. The summed E-state index contributed by atoms with van der Waals surface area (Å²) in [7, 11) is 0. The first kappa shape index (κ1) is 12.7. The quantitative estimate of drug-likeness (QED) is 0.456. The lowest BCUT2D eigenvalue weighted by atomic mass is 10.1. The van der Waals surface area contributed by atoms with Crippen molar-refractivity contribution in [3.63, 3.8) is 0 Å². The highest BCUT2D eigenvalue weighted by Crippen LogP contribution is 2.04. The molecule has 1 heteroatoms. The van der Waals surface area contributed by atoms with Gasteiger partial charge in [0.05, 0.1) is 6.67 Å². The van der Waals surface area contributed by atoms with Crippen LogP contribution in [0.15, 0.2) is 42.1 Å². The number of hydrogen-bond donors (Lipinski definition) is 0. The molecule has 16 heavy (non-hydrogen) atoms. The van der Waals surface area contributed by atoms with E-state index in [2.05, 4.69) is 23.9 Å². The van der Waals surface area contributed by atoms with Gasteiger partial charge in [0.25, 0.3) is 0 Å². The fourth-order valence-corrected chi connectivity index (χ4v) is 1.48. The van der Waals surface area contributed by atoms with E-state index in [1.54, 1.807) is 0 Å². The maximum absolute atomic E-state index is 11.8. The van der Waals surface area contributed by atoms with Crippen molar-refractivity contribution >= 4 is 6.08 Å². The van der Waals surface area contributed by atoms with Gasteiger partial charge in [-0.25, -0.2) is 0 Å². The zero-order valence-electron chi connectivity index (χ0n) is 9.66. The molecule has 0 aliphatic rings. The van der Waals surface area contributed by atoms with Crippen LogP contribution in [0.4, 0.5) is 4.39 Å². The molecule has 0 fully saturated rings. The van der Waals surface area contributed by atoms with E-state index in [1.807, 2.05) is 24.3 Å². The van der Waals surface area contributed by atoms with Crippen LogP contribution in [0.1, 0.15) is 37.7 Å². The van der Waals surface area contributed by atoms with Crippen LogP contribution in [-0.4, -0.2) is 6.67 Å². The standard InChI is InChI=1S/C15H19F/c16-14-10-5-3-1-2-4-7-11-15-12-8-6-9-13-15/h4,6,8-9,11-13H,1-3,5,10,14H2. The minimum atomic E-state index is -0.177. The molecule has 0 saturated heterocycles. The maximum Gasteiger partial charge on any atom is 0.0894 e. The summed E-state index contributed by atoms with van der Waals surface area (Å²) in [5, 5.41) is 0. The summed E-state index contributed by atoms with van der Waals surface area (Å²) >= 11 is 0. The predicted molar refractivity (Wildman–Crippen MR) is 68.0 cm³/mol. The van der Waals surface area contributed by atoms with Gasteiger partial charge in [-0.05, 0) is 37.0 Å². The number of alkyl halides is 1. The maximum atomic E-state index is 11.8. The summed E-state index contributed by atoms with van der Waals surface area (Å²) in [5.74, 6) is 0. The van der Waals surface area contributed by atoms with E-state index in [1.165, 1.54) is 5.56 Å². The van der Waals surface area contributed by atoms with Crippen LogP contribution >= 0.6 is 0 Å². The van der Waals surface area contributed by atoms with E-state index in [9.17, 15) is 4.39 Å². The third kappa shape index (κ3) is 6.21. The highest BCUT2D eigenvalue weighted by molar-refractivity contribution is 5.47. The zero-order chi connectivity index (χ0) is 11.5. The molecule has 0 nitrogen and oxygen atoms in total. The topological polar surface area (TPSA) is 0 Å². The van der Waals surface area contributed by atoms with E-state index in [0.29, 0.717) is 6.42 Å². The van der Waals surface area contributed by atoms with Gasteiger partial charge in [-0.2, -0.15) is 0 Å². The Morgan fingerprint density at radius 2 is 1.75 bits per heavy atom. The number of allylic oxidation sites excluding steroid dienone is 1. The van der Waals surface area contributed by atoms with Gasteiger partial charge in [0.2, 0.25) is 0 Å². The number of rotatable bonds is 7. The Hall–Kier alpha value is -1.33.